The van der Waals surface area contributed by atoms with Crippen LogP contribution in [0.3, 0.4) is 0 Å². The highest BCUT2D eigenvalue weighted by Gasteiger charge is 2.21. The fraction of sp³-hybridized carbons (Fsp3) is 0.667. The van der Waals surface area contributed by atoms with Gasteiger partial charge in [-0.3, -0.25) is 4.79 Å². The topological polar surface area (TPSA) is 101 Å². The number of carboxylic acids is 1. The zero-order chi connectivity index (χ0) is 15.3. The minimum Gasteiger partial charge on any atom is -0.481 e. The summed E-state index contributed by atoms with van der Waals surface area (Å²) in [5.41, 5.74) is 0. The van der Waals surface area contributed by atoms with Crippen molar-refractivity contribution in [1.29, 1.82) is 0 Å². The highest BCUT2D eigenvalue weighted by molar-refractivity contribution is 7.89. The van der Waals surface area contributed by atoms with Crippen LogP contribution >= 0.6 is 0 Å². The lowest BCUT2D eigenvalue weighted by Gasteiger charge is -2.12. The molecule has 1 rings (SSSR count). The van der Waals surface area contributed by atoms with Crippen LogP contribution in [-0.4, -0.2) is 35.6 Å². The molecule has 1 unspecified atom stereocenters. The Morgan fingerprint density at radius 2 is 2.15 bits per heavy atom. The third kappa shape index (κ3) is 4.31. The van der Waals surface area contributed by atoms with Crippen LogP contribution in [0.5, 0.6) is 0 Å². The van der Waals surface area contributed by atoms with Gasteiger partial charge >= 0.3 is 5.97 Å². The number of nitrogens with one attached hydrogen (secondary N) is 1. The van der Waals surface area contributed by atoms with Gasteiger partial charge in [0, 0.05) is 25.7 Å². The number of aliphatic carboxylic acids is 1. The lowest BCUT2D eigenvalue weighted by atomic mass is 10.0. The van der Waals surface area contributed by atoms with E-state index in [0.29, 0.717) is 18.8 Å². The number of aryl methyl sites for hydroxylation is 2. The summed E-state index contributed by atoms with van der Waals surface area (Å²) in [6, 6.07) is 0. The zero-order valence-corrected chi connectivity index (χ0v) is 12.8. The highest BCUT2D eigenvalue weighted by atomic mass is 32.2. The van der Waals surface area contributed by atoms with Gasteiger partial charge in [-0.05, 0) is 19.8 Å². The molecule has 0 aliphatic rings. The van der Waals surface area contributed by atoms with Gasteiger partial charge in [0.2, 0.25) is 0 Å². The van der Waals surface area contributed by atoms with E-state index in [4.69, 9.17) is 5.11 Å². The van der Waals surface area contributed by atoms with Crippen LogP contribution in [0, 0.1) is 12.8 Å². The number of aromatic nitrogens is 2. The smallest absolute Gasteiger partial charge is 0.303 e. The van der Waals surface area contributed by atoms with E-state index in [1.165, 1.54) is 6.20 Å². The fourth-order valence-electron chi connectivity index (χ4n) is 1.84. The molecule has 1 aromatic rings. The van der Waals surface area contributed by atoms with Crippen molar-refractivity contribution in [2.75, 3.05) is 6.54 Å². The van der Waals surface area contributed by atoms with Gasteiger partial charge in [-0.25, -0.2) is 18.1 Å². The summed E-state index contributed by atoms with van der Waals surface area (Å²) in [5, 5.41) is 8.71. The second-order valence-corrected chi connectivity index (χ2v) is 6.35. The molecular formula is C12H21N3O4S. The Labute approximate surface area is 119 Å². The van der Waals surface area contributed by atoms with Crippen molar-refractivity contribution in [3.05, 3.63) is 12.0 Å². The Kier molecular flexibility index (Phi) is 5.70. The maximum absolute atomic E-state index is 12.1. The molecule has 20 heavy (non-hydrogen) atoms. The molecule has 0 fully saturated rings. The van der Waals surface area contributed by atoms with E-state index in [1.807, 2.05) is 13.8 Å². The summed E-state index contributed by atoms with van der Waals surface area (Å²) in [6.07, 6.45) is 2.02. The van der Waals surface area contributed by atoms with Crippen LogP contribution in [0.2, 0.25) is 0 Å². The predicted octanol–water partition coefficient (Wildman–Crippen LogP) is 0.991. The Hall–Kier alpha value is -1.41. The monoisotopic (exact) mass is 303 g/mol. The second-order valence-electron chi connectivity index (χ2n) is 4.64. The van der Waals surface area contributed by atoms with Crippen LogP contribution < -0.4 is 4.72 Å². The Morgan fingerprint density at radius 3 is 2.60 bits per heavy atom. The first-order valence-electron chi connectivity index (χ1n) is 6.55. The lowest BCUT2D eigenvalue weighted by molar-refractivity contribution is -0.138. The maximum atomic E-state index is 12.1. The molecule has 0 aliphatic carbocycles. The summed E-state index contributed by atoms with van der Waals surface area (Å²) in [5.74, 6) is -0.524. The van der Waals surface area contributed by atoms with Crippen molar-refractivity contribution < 1.29 is 18.3 Å². The average Bonchev–Trinajstić information content (AvgIpc) is 2.76. The van der Waals surface area contributed by atoms with Gasteiger partial charge in [0.25, 0.3) is 10.0 Å². The largest absolute Gasteiger partial charge is 0.481 e. The number of rotatable bonds is 8. The molecule has 0 aromatic carbocycles. The number of nitrogens with zero attached hydrogens (tertiary/aromatic N) is 2. The fourth-order valence-corrected chi connectivity index (χ4v) is 2.96. The molecule has 0 amide bonds. The third-order valence-electron chi connectivity index (χ3n) is 3.17. The number of imidazole rings is 1. The predicted molar refractivity (Wildman–Crippen MR) is 73.9 cm³/mol. The lowest BCUT2D eigenvalue weighted by Crippen LogP contribution is -2.30. The van der Waals surface area contributed by atoms with Crippen molar-refractivity contribution in [2.24, 2.45) is 5.92 Å². The van der Waals surface area contributed by atoms with Gasteiger partial charge in [-0.2, -0.15) is 0 Å². The number of sulfonamides is 1. The standard InChI is InChI=1S/C12H21N3O4S/c1-4-10(6-12(16)17)7-13-20(18,19)11-8-15(5-2)9(3)14-11/h8,10,13H,4-7H2,1-3H3,(H,16,17). The van der Waals surface area contributed by atoms with Gasteiger partial charge in [0.1, 0.15) is 5.82 Å². The number of hydrogen-bond donors (Lipinski definition) is 2. The molecule has 1 aromatic heterocycles. The third-order valence-corrected chi connectivity index (χ3v) is 4.47. The van der Waals surface area contributed by atoms with Crippen molar-refractivity contribution >= 4 is 16.0 Å². The van der Waals surface area contributed by atoms with E-state index < -0.39 is 16.0 Å². The SMILES string of the molecule is CCC(CNS(=O)(=O)c1cn(CC)c(C)n1)CC(=O)O. The van der Waals surface area contributed by atoms with Crippen LogP contribution in [0.15, 0.2) is 11.2 Å². The number of carbonyl (C=O) groups is 1. The van der Waals surface area contributed by atoms with Crippen molar-refractivity contribution in [2.45, 2.75) is 45.2 Å². The maximum Gasteiger partial charge on any atom is 0.303 e. The number of carboxylic acid groups (broad SMARTS) is 1. The summed E-state index contributed by atoms with van der Waals surface area (Å²) in [7, 11) is -3.69. The Balaban J connectivity index is 2.76. The van der Waals surface area contributed by atoms with Crippen LogP contribution in [-0.2, 0) is 21.4 Å². The molecular weight excluding hydrogens is 282 g/mol. The molecule has 0 saturated carbocycles. The van der Waals surface area contributed by atoms with Gasteiger partial charge < -0.3 is 9.67 Å². The molecule has 0 radical (unpaired) electrons. The second kappa shape index (κ2) is 6.85. The zero-order valence-electron chi connectivity index (χ0n) is 12.0. The molecule has 2 N–H and O–H groups in total. The van der Waals surface area contributed by atoms with E-state index in [1.54, 1.807) is 11.5 Å². The molecule has 8 heteroatoms. The molecule has 0 spiro atoms. The summed E-state index contributed by atoms with van der Waals surface area (Å²) in [4.78, 5) is 14.7. The molecule has 0 bridgehead atoms. The van der Waals surface area contributed by atoms with Crippen LogP contribution in [0.4, 0.5) is 0 Å². The minimum atomic E-state index is -3.69. The van der Waals surface area contributed by atoms with Gasteiger partial charge in [0.15, 0.2) is 5.03 Å². The first kappa shape index (κ1) is 16.6. The quantitative estimate of drug-likeness (QED) is 0.745. The van der Waals surface area contributed by atoms with E-state index in [-0.39, 0.29) is 23.9 Å². The van der Waals surface area contributed by atoms with Crippen molar-refractivity contribution in [1.82, 2.24) is 14.3 Å². The summed E-state index contributed by atoms with van der Waals surface area (Å²) < 4.78 is 28.3. The first-order chi connectivity index (χ1) is 9.30. The molecule has 114 valence electrons. The van der Waals surface area contributed by atoms with Crippen LogP contribution in [0.25, 0.3) is 0 Å². The summed E-state index contributed by atoms with van der Waals surface area (Å²) >= 11 is 0. The summed E-state index contributed by atoms with van der Waals surface area (Å²) in [6.45, 7) is 6.21. The van der Waals surface area contributed by atoms with E-state index in [0.717, 1.165) is 0 Å². The molecule has 1 atom stereocenters. The van der Waals surface area contributed by atoms with E-state index in [9.17, 15) is 13.2 Å². The van der Waals surface area contributed by atoms with E-state index >= 15 is 0 Å². The van der Waals surface area contributed by atoms with Crippen LogP contribution in [0.1, 0.15) is 32.5 Å². The van der Waals surface area contributed by atoms with Crippen molar-refractivity contribution in [3.8, 4) is 0 Å². The van der Waals surface area contributed by atoms with Gasteiger partial charge in [-0.15, -0.1) is 0 Å². The van der Waals surface area contributed by atoms with E-state index in [2.05, 4.69) is 9.71 Å². The minimum absolute atomic E-state index is 0.0259. The Morgan fingerprint density at radius 1 is 1.50 bits per heavy atom. The van der Waals surface area contributed by atoms with Gasteiger partial charge in [0.05, 0.1) is 0 Å². The molecule has 7 nitrogen and oxygen atoms in total. The first-order valence-corrected chi connectivity index (χ1v) is 8.03. The molecule has 0 saturated heterocycles. The molecule has 0 aliphatic heterocycles. The molecule has 1 heterocycles. The normalized spacial score (nSPS) is 13.3. The average molecular weight is 303 g/mol. The van der Waals surface area contributed by atoms with Crippen molar-refractivity contribution in [3.63, 3.8) is 0 Å². The Bertz CT molecular complexity index is 565. The van der Waals surface area contributed by atoms with Gasteiger partial charge in [-0.1, -0.05) is 13.3 Å². The number of hydrogen-bond acceptors (Lipinski definition) is 4. The highest BCUT2D eigenvalue weighted by Crippen LogP contribution is 2.11.